The quantitative estimate of drug-likeness (QED) is 0.0187. The molecule has 302 valence electrons. The van der Waals surface area contributed by atoms with Gasteiger partial charge in [0.15, 0.2) is 6.10 Å². The molecule has 3 atom stereocenters. The fourth-order valence-electron chi connectivity index (χ4n) is 4.60. The molecule has 0 heterocycles. The Kier molecular flexibility index (Phi) is 35.5. The van der Waals surface area contributed by atoms with Crippen molar-refractivity contribution in [3.8, 4) is 0 Å². The molecule has 3 N–H and O–H groups in total. The first-order valence-corrected chi connectivity index (χ1v) is 21.1. The largest absolute Gasteiger partial charge is 0.472 e. The average Bonchev–Trinajstić information content (AvgIpc) is 3.14. The standard InChI is InChI=1S/C42H69O10P/c1-3-5-7-9-11-13-15-17-19-21-23-25-27-29-31-33-41(45)49-37-40(38-51-53(47,48)50-36-39(44)35-43)52-42(46)34-32-30-28-26-24-22-20-18-16-14-12-10-8-6-4-2/h6,8,10-14,16-20,23,25,39-40,43-44H,3-5,7,9,15,21-22,24,26-38H2,1-2H3,(H,47,48)/b8-6+,12-10+,13-11+,16-14+,19-17+,20-18+,25-23+/t39-,40+/m0/s1. The first kappa shape index (κ1) is 50.1. The van der Waals surface area contributed by atoms with E-state index in [4.69, 9.17) is 19.1 Å². The van der Waals surface area contributed by atoms with E-state index in [1.54, 1.807) is 0 Å². The third-order valence-electron chi connectivity index (χ3n) is 7.63. The van der Waals surface area contributed by atoms with Crippen molar-refractivity contribution in [3.05, 3.63) is 85.1 Å². The van der Waals surface area contributed by atoms with Crippen molar-refractivity contribution < 1.29 is 47.8 Å². The van der Waals surface area contributed by atoms with Crippen LogP contribution in [0.3, 0.4) is 0 Å². The molecule has 0 rings (SSSR count). The molecular formula is C42H69O10P. The summed E-state index contributed by atoms with van der Waals surface area (Å²) < 4.78 is 32.5. The number of aliphatic hydroxyl groups excluding tert-OH is 2. The van der Waals surface area contributed by atoms with E-state index in [-0.39, 0.29) is 19.4 Å². The Hall–Kier alpha value is -2.85. The molecule has 0 fully saturated rings. The molecule has 0 aromatic heterocycles. The number of carbonyl (C=O) groups excluding carboxylic acids is 2. The van der Waals surface area contributed by atoms with Crippen LogP contribution in [0.25, 0.3) is 0 Å². The molecule has 0 saturated carbocycles. The minimum absolute atomic E-state index is 0.144. The molecule has 53 heavy (non-hydrogen) atoms. The zero-order valence-electron chi connectivity index (χ0n) is 32.4. The topological polar surface area (TPSA) is 149 Å². The van der Waals surface area contributed by atoms with Crippen molar-refractivity contribution in [2.75, 3.05) is 26.4 Å². The first-order valence-electron chi connectivity index (χ1n) is 19.6. The van der Waals surface area contributed by atoms with Crippen molar-refractivity contribution in [2.24, 2.45) is 0 Å². The molecule has 10 nitrogen and oxygen atoms in total. The normalized spacial score (nSPS) is 14.9. The van der Waals surface area contributed by atoms with Gasteiger partial charge in [-0.2, -0.15) is 0 Å². The minimum atomic E-state index is -4.63. The van der Waals surface area contributed by atoms with E-state index in [1.807, 2.05) is 36.5 Å². The maximum Gasteiger partial charge on any atom is 0.472 e. The van der Waals surface area contributed by atoms with Crippen LogP contribution in [0.4, 0.5) is 0 Å². The van der Waals surface area contributed by atoms with Crippen LogP contribution in [0.2, 0.25) is 0 Å². The lowest BCUT2D eigenvalue weighted by Crippen LogP contribution is -2.29. The molecule has 0 amide bonds. The third kappa shape index (κ3) is 37.3. The maximum atomic E-state index is 12.6. The smallest absolute Gasteiger partial charge is 0.462 e. The Morgan fingerprint density at radius 1 is 0.604 bits per heavy atom. The Bertz CT molecular complexity index is 1150. The SMILES string of the molecule is CC/C=C/C=C/C=C/C=C/CCCCCCCC(=O)O[C@H](COC(=O)CCCC/C=C/C/C=C/C/C=C/CCCCC)COP(=O)(O)OC[C@@H](O)CO. The molecular weight excluding hydrogens is 695 g/mol. The van der Waals surface area contributed by atoms with Crippen LogP contribution in [-0.4, -0.2) is 65.7 Å². The van der Waals surface area contributed by atoms with Gasteiger partial charge in [0.25, 0.3) is 0 Å². The highest BCUT2D eigenvalue weighted by Crippen LogP contribution is 2.43. The summed E-state index contributed by atoms with van der Waals surface area (Å²) in [5.41, 5.74) is 0. The highest BCUT2D eigenvalue weighted by Gasteiger charge is 2.27. The number of phosphoric acid groups is 1. The van der Waals surface area contributed by atoms with Gasteiger partial charge in [-0.25, -0.2) is 4.57 Å². The highest BCUT2D eigenvalue weighted by atomic mass is 31.2. The number of hydrogen-bond donors (Lipinski definition) is 3. The Labute approximate surface area is 320 Å². The van der Waals surface area contributed by atoms with E-state index in [2.05, 4.69) is 67.0 Å². The van der Waals surface area contributed by atoms with Gasteiger partial charge in [-0.15, -0.1) is 0 Å². The number of unbranched alkanes of at least 4 members (excludes halogenated alkanes) is 10. The number of ether oxygens (including phenoxy) is 2. The lowest BCUT2D eigenvalue weighted by Gasteiger charge is -2.20. The number of rotatable bonds is 35. The number of aliphatic hydroxyl groups is 2. The third-order valence-corrected chi connectivity index (χ3v) is 8.58. The monoisotopic (exact) mass is 764 g/mol. The van der Waals surface area contributed by atoms with Gasteiger partial charge in [0, 0.05) is 12.8 Å². The van der Waals surface area contributed by atoms with Crippen molar-refractivity contribution in [2.45, 2.75) is 142 Å². The van der Waals surface area contributed by atoms with Crippen LogP contribution in [0.5, 0.6) is 0 Å². The summed E-state index contributed by atoms with van der Waals surface area (Å²) in [6, 6.07) is 0. The van der Waals surface area contributed by atoms with Gasteiger partial charge in [0.2, 0.25) is 0 Å². The van der Waals surface area contributed by atoms with Gasteiger partial charge in [-0.3, -0.25) is 18.6 Å². The highest BCUT2D eigenvalue weighted by molar-refractivity contribution is 7.47. The fraction of sp³-hybridized carbons (Fsp3) is 0.619. The van der Waals surface area contributed by atoms with Crippen LogP contribution in [0.1, 0.15) is 129 Å². The van der Waals surface area contributed by atoms with E-state index in [1.165, 1.54) is 19.3 Å². The maximum absolute atomic E-state index is 12.6. The molecule has 0 aromatic carbocycles. The van der Waals surface area contributed by atoms with Gasteiger partial charge in [-0.05, 0) is 70.6 Å². The summed E-state index contributed by atoms with van der Waals surface area (Å²) in [7, 11) is -4.63. The van der Waals surface area contributed by atoms with E-state index in [9.17, 15) is 24.2 Å². The Balaban J connectivity index is 4.49. The second kappa shape index (κ2) is 37.5. The van der Waals surface area contributed by atoms with Crippen LogP contribution in [0.15, 0.2) is 85.1 Å². The predicted molar refractivity (Wildman–Crippen MR) is 214 cm³/mol. The molecule has 0 aliphatic heterocycles. The van der Waals surface area contributed by atoms with Gasteiger partial charge >= 0.3 is 19.8 Å². The van der Waals surface area contributed by atoms with Gasteiger partial charge in [0.05, 0.1) is 19.8 Å². The molecule has 0 aliphatic carbocycles. The molecule has 11 heteroatoms. The molecule has 1 unspecified atom stereocenters. The molecule has 0 spiro atoms. The number of carbonyl (C=O) groups is 2. The van der Waals surface area contributed by atoms with E-state index >= 15 is 0 Å². The Morgan fingerprint density at radius 3 is 1.77 bits per heavy atom. The molecule has 0 aromatic rings. The number of allylic oxidation sites excluding steroid dienone is 14. The number of hydrogen-bond acceptors (Lipinski definition) is 9. The molecule has 0 radical (unpaired) electrons. The van der Waals surface area contributed by atoms with Crippen LogP contribution in [-0.2, 0) is 32.7 Å². The first-order chi connectivity index (χ1) is 25.7. The zero-order valence-corrected chi connectivity index (χ0v) is 33.3. The summed E-state index contributed by atoms with van der Waals surface area (Å²) >= 11 is 0. The summed E-state index contributed by atoms with van der Waals surface area (Å²) in [4.78, 5) is 34.9. The fourth-order valence-corrected chi connectivity index (χ4v) is 5.39. The van der Waals surface area contributed by atoms with E-state index in [0.717, 1.165) is 70.6 Å². The van der Waals surface area contributed by atoms with Crippen LogP contribution in [0, 0.1) is 0 Å². The van der Waals surface area contributed by atoms with E-state index in [0.29, 0.717) is 12.8 Å². The van der Waals surface area contributed by atoms with Crippen molar-refractivity contribution in [1.82, 2.24) is 0 Å². The summed E-state index contributed by atoms with van der Waals surface area (Å²) in [6.45, 7) is 2.10. The minimum Gasteiger partial charge on any atom is -0.462 e. The zero-order chi connectivity index (χ0) is 39.1. The summed E-state index contributed by atoms with van der Waals surface area (Å²) in [6.07, 6.45) is 42.7. The molecule has 0 aliphatic rings. The summed E-state index contributed by atoms with van der Waals surface area (Å²) in [5, 5.41) is 18.3. The van der Waals surface area contributed by atoms with Gasteiger partial charge in [0.1, 0.15) is 12.7 Å². The average molecular weight is 765 g/mol. The molecule has 0 bridgehead atoms. The van der Waals surface area contributed by atoms with Gasteiger partial charge < -0.3 is 24.6 Å². The summed E-state index contributed by atoms with van der Waals surface area (Å²) in [5.74, 6) is -1.01. The lowest BCUT2D eigenvalue weighted by molar-refractivity contribution is -0.161. The lowest BCUT2D eigenvalue weighted by atomic mass is 10.1. The van der Waals surface area contributed by atoms with Crippen LogP contribution >= 0.6 is 7.82 Å². The van der Waals surface area contributed by atoms with Crippen molar-refractivity contribution in [3.63, 3.8) is 0 Å². The van der Waals surface area contributed by atoms with Crippen LogP contribution < -0.4 is 0 Å². The second-order valence-corrected chi connectivity index (χ2v) is 14.1. The number of phosphoric ester groups is 1. The second-order valence-electron chi connectivity index (χ2n) is 12.7. The Morgan fingerprint density at radius 2 is 1.11 bits per heavy atom. The van der Waals surface area contributed by atoms with Crippen molar-refractivity contribution in [1.29, 1.82) is 0 Å². The molecule has 0 saturated heterocycles. The van der Waals surface area contributed by atoms with E-state index < -0.39 is 51.8 Å². The number of esters is 2. The van der Waals surface area contributed by atoms with Gasteiger partial charge in [-0.1, -0.05) is 131 Å². The van der Waals surface area contributed by atoms with Crippen molar-refractivity contribution >= 4 is 19.8 Å². The predicted octanol–water partition coefficient (Wildman–Crippen LogP) is 9.88.